The number of hydrogen-bond acceptors (Lipinski definition) is 5. The van der Waals surface area contributed by atoms with Gasteiger partial charge in [0.05, 0.1) is 0 Å². The van der Waals surface area contributed by atoms with E-state index in [1.54, 1.807) is 6.92 Å². The van der Waals surface area contributed by atoms with Crippen molar-refractivity contribution in [2.75, 3.05) is 0 Å². The van der Waals surface area contributed by atoms with Crippen LogP contribution >= 0.6 is 11.6 Å². The largest absolute Gasteiger partial charge is 0.478 e. The number of ether oxygens (including phenoxy) is 2. The molecule has 4 aromatic carbocycles. The highest BCUT2D eigenvalue weighted by molar-refractivity contribution is 6.45. The predicted molar refractivity (Wildman–Crippen MR) is 184 cm³/mol. The van der Waals surface area contributed by atoms with E-state index in [0.29, 0.717) is 17.1 Å². The average Bonchev–Trinajstić information content (AvgIpc) is 3.43. The Morgan fingerprint density at radius 1 is 0.870 bits per heavy atom. The van der Waals surface area contributed by atoms with E-state index in [1.165, 1.54) is 11.1 Å². The maximum absolute atomic E-state index is 14.2. The van der Waals surface area contributed by atoms with E-state index in [9.17, 15) is 14.7 Å². The minimum atomic E-state index is -2.26. The van der Waals surface area contributed by atoms with Crippen LogP contribution in [-0.2, 0) is 26.8 Å². The molecule has 0 saturated carbocycles. The van der Waals surface area contributed by atoms with Crippen molar-refractivity contribution in [3.05, 3.63) is 99.3 Å². The Morgan fingerprint density at radius 3 is 2.07 bits per heavy atom. The van der Waals surface area contributed by atoms with Gasteiger partial charge in [-0.05, 0) is 61.7 Å². The lowest BCUT2D eigenvalue weighted by Gasteiger charge is -2.48. The first-order valence-corrected chi connectivity index (χ1v) is 16.4. The fourth-order valence-electron chi connectivity index (χ4n) is 7.17. The van der Waals surface area contributed by atoms with E-state index in [-0.39, 0.29) is 40.2 Å². The summed E-state index contributed by atoms with van der Waals surface area (Å²) < 4.78 is 13.3. The molecule has 0 radical (unpaired) electrons. The molecule has 0 unspecified atom stereocenters. The monoisotopic (exact) mass is 634 g/mol. The van der Waals surface area contributed by atoms with Crippen molar-refractivity contribution >= 4 is 50.8 Å². The number of carbonyl (C=O) groups excluding carboxylic acids is 2. The van der Waals surface area contributed by atoms with Gasteiger partial charge in [0.1, 0.15) is 22.3 Å². The molecule has 0 bridgehead atoms. The van der Waals surface area contributed by atoms with Crippen LogP contribution in [0.2, 0.25) is 0 Å². The van der Waals surface area contributed by atoms with Crippen LogP contribution in [0, 0.1) is 0 Å². The molecule has 0 saturated heterocycles. The summed E-state index contributed by atoms with van der Waals surface area (Å²) in [6, 6.07) is 20.6. The van der Waals surface area contributed by atoms with Gasteiger partial charge in [0.25, 0.3) is 0 Å². The zero-order valence-corrected chi connectivity index (χ0v) is 28.2. The van der Waals surface area contributed by atoms with E-state index < -0.39 is 23.4 Å². The van der Waals surface area contributed by atoms with E-state index in [1.807, 2.05) is 30.3 Å². The highest BCUT2D eigenvalue weighted by atomic mass is 35.5. The third-order valence-electron chi connectivity index (χ3n) is 10.0. The van der Waals surface area contributed by atoms with Gasteiger partial charge in [-0.15, -0.1) is 0 Å². The first kappa shape index (κ1) is 30.7. The van der Waals surface area contributed by atoms with Crippen molar-refractivity contribution in [2.45, 2.75) is 89.8 Å². The molecule has 46 heavy (non-hydrogen) atoms. The zero-order valence-electron chi connectivity index (χ0n) is 27.4. The Balaban J connectivity index is 1.48. The normalized spacial score (nSPS) is 22.4. The summed E-state index contributed by atoms with van der Waals surface area (Å²) in [6.07, 6.45) is 1.82. The highest BCUT2D eigenvalue weighted by Crippen LogP contribution is 2.57. The average molecular weight is 635 g/mol. The summed E-state index contributed by atoms with van der Waals surface area (Å²) in [6.45, 7) is 14.8. The second-order valence-electron chi connectivity index (χ2n) is 15.1. The first-order valence-electron chi connectivity index (χ1n) is 16.0. The van der Waals surface area contributed by atoms with E-state index >= 15 is 0 Å². The number of rotatable bonds is 3. The topological polar surface area (TPSA) is 72.8 Å². The van der Waals surface area contributed by atoms with Crippen LogP contribution in [0.4, 0.5) is 0 Å². The van der Waals surface area contributed by atoms with Gasteiger partial charge < -0.3 is 14.6 Å². The number of fused-ring (bicyclic) bond motifs is 8. The molecule has 4 aromatic rings. The van der Waals surface area contributed by atoms with Crippen LogP contribution < -0.4 is 9.47 Å². The molecular weight excluding hydrogens is 596 g/mol. The Kier molecular flexibility index (Phi) is 6.70. The molecule has 0 amide bonds. The SMILES string of the molecule is CCC(=O)C[C@@]1(O)C(=O)C(Cl)=C2Oc3ccc4cc(C(C)(C)C)ccc4c3C=C2[C@@]12Cc1c(ccc3cc(C(C)(C)C)ccc13)O2. The quantitative estimate of drug-likeness (QED) is 0.244. The molecule has 2 atom stereocenters. The van der Waals surface area contributed by atoms with Crippen molar-refractivity contribution in [3.8, 4) is 11.5 Å². The summed E-state index contributed by atoms with van der Waals surface area (Å²) >= 11 is 6.77. The number of Topliss-reactive ketones (excluding diaryl/α,β-unsaturated/α-hetero) is 2. The van der Waals surface area contributed by atoms with Gasteiger partial charge in [0.15, 0.2) is 17.0 Å². The van der Waals surface area contributed by atoms with E-state index in [0.717, 1.165) is 32.7 Å². The highest BCUT2D eigenvalue weighted by Gasteiger charge is 2.67. The molecule has 0 aromatic heterocycles. The second kappa shape index (κ2) is 10.0. The molecular formula is C40H39ClO5. The van der Waals surface area contributed by atoms with Gasteiger partial charge in [-0.25, -0.2) is 0 Å². The van der Waals surface area contributed by atoms with Crippen LogP contribution in [0.3, 0.4) is 0 Å². The Hall–Kier alpha value is -3.93. The predicted octanol–water partition coefficient (Wildman–Crippen LogP) is 8.87. The molecule has 1 N–H and O–H groups in total. The fraction of sp³-hybridized carbons (Fsp3) is 0.350. The van der Waals surface area contributed by atoms with Gasteiger partial charge in [-0.3, -0.25) is 9.59 Å². The lowest BCUT2D eigenvalue weighted by molar-refractivity contribution is -0.161. The molecule has 236 valence electrons. The molecule has 3 aliphatic rings. The Labute approximate surface area is 274 Å². The van der Waals surface area contributed by atoms with Crippen LogP contribution in [0.1, 0.15) is 83.6 Å². The van der Waals surface area contributed by atoms with Gasteiger partial charge >= 0.3 is 0 Å². The van der Waals surface area contributed by atoms with Gasteiger partial charge in [0, 0.05) is 36.0 Å². The number of carbonyl (C=O) groups is 2. The number of halogens is 1. The third-order valence-corrected chi connectivity index (χ3v) is 10.4. The molecule has 6 heteroatoms. The molecule has 1 aliphatic carbocycles. The number of benzene rings is 4. The number of ketones is 2. The second-order valence-corrected chi connectivity index (χ2v) is 15.4. The van der Waals surface area contributed by atoms with Crippen molar-refractivity contribution < 1.29 is 24.2 Å². The number of hydrogen-bond donors (Lipinski definition) is 1. The number of aliphatic hydroxyl groups is 1. The van der Waals surface area contributed by atoms with Gasteiger partial charge in [-0.1, -0.05) is 109 Å². The summed E-state index contributed by atoms with van der Waals surface area (Å²) in [5.74, 6) is 0.241. The maximum atomic E-state index is 14.2. The van der Waals surface area contributed by atoms with E-state index in [4.69, 9.17) is 21.1 Å². The molecule has 0 fully saturated rings. The van der Waals surface area contributed by atoms with Crippen molar-refractivity contribution in [1.82, 2.24) is 0 Å². The summed E-state index contributed by atoms with van der Waals surface area (Å²) in [4.78, 5) is 27.2. The summed E-state index contributed by atoms with van der Waals surface area (Å²) in [5.41, 5.74) is 0.564. The Morgan fingerprint density at radius 2 is 1.46 bits per heavy atom. The van der Waals surface area contributed by atoms with E-state index in [2.05, 4.69) is 77.9 Å². The van der Waals surface area contributed by atoms with Crippen LogP contribution in [-0.4, -0.2) is 27.9 Å². The third kappa shape index (κ3) is 4.39. The van der Waals surface area contributed by atoms with Crippen molar-refractivity contribution in [1.29, 1.82) is 0 Å². The lowest BCUT2D eigenvalue weighted by atomic mass is 9.65. The smallest absolute Gasteiger partial charge is 0.214 e. The minimum absolute atomic E-state index is 0.0293. The van der Waals surface area contributed by atoms with Crippen LogP contribution in [0.15, 0.2) is 77.0 Å². The summed E-state index contributed by atoms with van der Waals surface area (Å²) in [7, 11) is 0. The molecule has 2 heterocycles. The van der Waals surface area contributed by atoms with Gasteiger partial charge in [0.2, 0.25) is 5.78 Å². The molecule has 2 aliphatic heterocycles. The van der Waals surface area contributed by atoms with Crippen LogP contribution in [0.25, 0.3) is 27.6 Å². The lowest BCUT2D eigenvalue weighted by Crippen LogP contribution is -2.66. The van der Waals surface area contributed by atoms with Crippen molar-refractivity contribution in [3.63, 3.8) is 0 Å². The molecule has 1 spiro atoms. The maximum Gasteiger partial charge on any atom is 0.214 e. The molecule has 7 rings (SSSR count). The van der Waals surface area contributed by atoms with Gasteiger partial charge in [-0.2, -0.15) is 0 Å². The minimum Gasteiger partial charge on any atom is -0.478 e. The Bertz CT molecular complexity index is 2070. The fourth-order valence-corrected chi connectivity index (χ4v) is 7.47. The zero-order chi connectivity index (χ0) is 33.0. The van der Waals surface area contributed by atoms with Crippen LogP contribution in [0.5, 0.6) is 11.5 Å². The van der Waals surface area contributed by atoms with Crippen molar-refractivity contribution in [2.24, 2.45) is 0 Å². The molecule has 5 nitrogen and oxygen atoms in total. The first-order chi connectivity index (χ1) is 21.6. The standard InChI is InChI=1S/C40H39ClO5/c1-8-26(42)20-39(44)36(43)34(41)35-31(19-29-27-13-11-24(37(2,3)4)17-22(27)9-15-32(29)45-35)40(39)21-30-28-14-12-25(38(5,6)7)18-23(28)10-16-33(30)46-40/h9-19,44H,8,20-21H2,1-7H3/t39-,40+/m1/s1. The summed E-state index contributed by atoms with van der Waals surface area (Å²) in [5, 5.41) is 16.3.